The largest absolute Gasteiger partial charge is 0.493 e. The topological polar surface area (TPSA) is 71.1 Å². The van der Waals surface area contributed by atoms with Gasteiger partial charge in [-0.05, 0) is 29.8 Å². The van der Waals surface area contributed by atoms with Crippen LogP contribution in [0.15, 0.2) is 42.5 Å². The Labute approximate surface area is 166 Å². The number of para-hydroxylation sites is 1. The van der Waals surface area contributed by atoms with E-state index in [2.05, 4.69) is 10.1 Å². The maximum atomic E-state index is 12.9. The second-order valence-corrected chi connectivity index (χ2v) is 6.40. The van der Waals surface area contributed by atoms with Gasteiger partial charge in [0, 0.05) is 14.1 Å². The van der Waals surface area contributed by atoms with Crippen LogP contribution in [0.4, 0.5) is 14.5 Å². The number of hydrogen-bond donors (Lipinski definition) is 1. The molecule has 0 spiro atoms. The van der Waals surface area contributed by atoms with E-state index in [0.717, 1.165) is 0 Å². The van der Waals surface area contributed by atoms with E-state index in [4.69, 9.17) is 4.74 Å². The lowest BCUT2D eigenvalue weighted by Gasteiger charge is -2.44. The van der Waals surface area contributed by atoms with Crippen molar-refractivity contribution in [3.63, 3.8) is 0 Å². The zero-order valence-corrected chi connectivity index (χ0v) is 16.2. The molecule has 0 aromatic heterocycles. The monoisotopic (exact) mass is 405 g/mol. The molecule has 7 nitrogen and oxygen atoms in total. The van der Waals surface area contributed by atoms with Crippen molar-refractivity contribution in [1.29, 1.82) is 0 Å². The number of nitrogens with one attached hydrogen (secondary N) is 1. The van der Waals surface area contributed by atoms with Crippen LogP contribution in [-0.2, 0) is 4.79 Å². The van der Waals surface area contributed by atoms with Gasteiger partial charge in [-0.1, -0.05) is 18.2 Å². The summed E-state index contributed by atoms with van der Waals surface area (Å²) in [7, 11) is 4.46. The van der Waals surface area contributed by atoms with Crippen LogP contribution in [0, 0.1) is 0 Å². The number of alkyl halides is 2. The summed E-state index contributed by atoms with van der Waals surface area (Å²) in [5, 5.41) is 2.57. The molecule has 1 unspecified atom stereocenters. The Morgan fingerprint density at radius 3 is 2.59 bits per heavy atom. The first-order valence-electron chi connectivity index (χ1n) is 8.83. The van der Waals surface area contributed by atoms with Crippen molar-refractivity contribution in [1.82, 2.24) is 10.2 Å². The van der Waals surface area contributed by atoms with E-state index in [1.165, 1.54) is 31.2 Å². The molecule has 0 saturated heterocycles. The predicted octanol–water partition coefficient (Wildman–Crippen LogP) is 2.63. The SMILES string of the molecule is CNC(=O)CN1c2ccccc2C(=O)N(C)C1c1ccc(OC)c(OC(F)F)c1. The summed E-state index contributed by atoms with van der Waals surface area (Å²) >= 11 is 0. The van der Waals surface area contributed by atoms with Crippen molar-refractivity contribution in [3.8, 4) is 11.5 Å². The third-order valence-electron chi connectivity index (χ3n) is 4.72. The lowest BCUT2D eigenvalue weighted by Crippen LogP contribution is -2.50. The second kappa shape index (κ2) is 8.34. The molecule has 0 radical (unpaired) electrons. The van der Waals surface area contributed by atoms with Crippen LogP contribution < -0.4 is 19.7 Å². The van der Waals surface area contributed by atoms with Gasteiger partial charge in [-0.3, -0.25) is 9.59 Å². The van der Waals surface area contributed by atoms with Crippen molar-refractivity contribution in [3.05, 3.63) is 53.6 Å². The maximum absolute atomic E-state index is 12.9. The number of carbonyl (C=O) groups is 2. The summed E-state index contributed by atoms with van der Waals surface area (Å²) in [6, 6.07) is 11.5. The first-order valence-corrected chi connectivity index (χ1v) is 8.83. The van der Waals surface area contributed by atoms with E-state index in [1.807, 2.05) is 0 Å². The number of amides is 2. The third kappa shape index (κ3) is 3.94. The Morgan fingerprint density at radius 2 is 1.93 bits per heavy atom. The molecule has 1 N–H and O–H groups in total. The molecule has 3 rings (SSSR count). The highest BCUT2D eigenvalue weighted by molar-refractivity contribution is 6.02. The number of carbonyl (C=O) groups excluding carboxylic acids is 2. The molecule has 0 aliphatic carbocycles. The smallest absolute Gasteiger partial charge is 0.387 e. The molecule has 0 bridgehead atoms. The van der Waals surface area contributed by atoms with Crippen LogP contribution in [0.1, 0.15) is 22.1 Å². The van der Waals surface area contributed by atoms with Crippen molar-refractivity contribution in [2.45, 2.75) is 12.8 Å². The molecule has 29 heavy (non-hydrogen) atoms. The minimum absolute atomic E-state index is 0.0349. The number of anilines is 1. The Balaban J connectivity index is 2.12. The summed E-state index contributed by atoms with van der Waals surface area (Å²) in [5.74, 6) is -0.521. The van der Waals surface area contributed by atoms with Crippen LogP contribution >= 0.6 is 0 Å². The number of methoxy groups -OCH3 is 1. The van der Waals surface area contributed by atoms with Gasteiger partial charge in [0.25, 0.3) is 5.91 Å². The molecule has 0 saturated carbocycles. The quantitative estimate of drug-likeness (QED) is 0.800. The van der Waals surface area contributed by atoms with Crippen LogP contribution in [0.25, 0.3) is 0 Å². The normalized spacial score (nSPS) is 15.9. The van der Waals surface area contributed by atoms with Crippen LogP contribution in [0.3, 0.4) is 0 Å². The second-order valence-electron chi connectivity index (χ2n) is 6.40. The molecule has 9 heteroatoms. The first-order chi connectivity index (χ1) is 13.9. The fourth-order valence-electron chi connectivity index (χ4n) is 3.40. The van der Waals surface area contributed by atoms with Gasteiger partial charge in [-0.2, -0.15) is 8.78 Å². The fourth-order valence-corrected chi connectivity index (χ4v) is 3.40. The molecule has 1 aliphatic rings. The van der Waals surface area contributed by atoms with Gasteiger partial charge in [-0.25, -0.2) is 0 Å². The first kappa shape index (κ1) is 20.4. The maximum Gasteiger partial charge on any atom is 0.387 e. The van der Waals surface area contributed by atoms with Gasteiger partial charge in [0.05, 0.1) is 24.9 Å². The van der Waals surface area contributed by atoms with Crippen LogP contribution in [0.2, 0.25) is 0 Å². The van der Waals surface area contributed by atoms with Crippen molar-refractivity contribution >= 4 is 17.5 Å². The summed E-state index contributed by atoms with van der Waals surface area (Å²) in [4.78, 5) is 28.3. The lowest BCUT2D eigenvalue weighted by atomic mass is 10.0. The molecule has 154 valence electrons. The molecule has 1 heterocycles. The third-order valence-corrected chi connectivity index (χ3v) is 4.72. The molecule has 2 aromatic rings. The van der Waals surface area contributed by atoms with Crippen LogP contribution in [0.5, 0.6) is 11.5 Å². The van der Waals surface area contributed by atoms with E-state index < -0.39 is 12.8 Å². The summed E-state index contributed by atoms with van der Waals surface area (Å²) in [6.07, 6.45) is -0.708. The van der Waals surface area contributed by atoms with Crippen molar-refractivity contribution in [2.24, 2.45) is 0 Å². The van der Waals surface area contributed by atoms with E-state index in [1.54, 1.807) is 42.3 Å². The highest BCUT2D eigenvalue weighted by Crippen LogP contribution is 2.40. The zero-order chi connectivity index (χ0) is 21.1. The van der Waals surface area contributed by atoms with E-state index >= 15 is 0 Å². The average Bonchev–Trinajstić information content (AvgIpc) is 2.71. The number of halogens is 2. The van der Waals surface area contributed by atoms with Gasteiger partial charge in [0.2, 0.25) is 5.91 Å². The summed E-state index contributed by atoms with van der Waals surface area (Å²) in [5.41, 5.74) is 1.53. The minimum Gasteiger partial charge on any atom is -0.493 e. The highest BCUT2D eigenvalue weighted by Gasteiger charge is 2.37. The number of ether oxygens (including phenoxy) is 2. The lowest BCUT2D eigenvalue weighted by molar-refractivity contribution is -0.119. The number of benzene rings is 2. The fraction of sp³-hybridized carbons (Fsp3) is 0.300. The molecule has 1 aliphatic heterocycles. The minimum atomic E-state index is -3.03. The standard InChI is InChI=1S/C20H21F2N3O4/c1-23-17(26)11-25-14-7-5-4-6-13(14)19(27)24(2)18(25)12-8-9-15(28-3)16(10-12)29-20(21)22/h4-10,18,20H,11H2,1-3H3,(H,23,26). The zero-order valence-electron chi connectivity index (χ0n) is 16.2. The van der Waals surface area contributed by atoms with E-state index in [0.29, 0.717) is 16.8 Å². The Kier molecular flexibility index (Phi) is 5.86. The van der Waals surface area contributed by atoms with Crippen molar-refractivity contribution < 1.29 is 27.8 Å². The predicted molar refractivity (Wildman–Crippen MR) is 102 cm³/mol. The molecule has 0 fully saturated rings. The summed E-state index contributed by atoms with van der Waals surface area (Å²) < 4.78 is 35.3. The van der Waals surface area contributed by atoms with Gasteiger partial charge < -0.3 is 24.6 Å². The molecular weight excluding hydrogens is 384 g/mol. The van der Waals surface area contributed by atoms with Crippen molar-refractivity contribution in [2.75, 3.05) is 32.6 Å². The molecule has 2 amide bonds. The number of likely N-dealkylation sites (N-methyl/N-ethyl adjacent to an activating group) is 1. The number of hydrogen-bond acceptors (Lipinski definition) is 5. The summed E-state index contributed by atoms with van der Waals surface area (Å²) in [6.45, 7) is -3.07. The molecule has 1 atom stereocenters. The number of nitrogens with zero attached hydrogens (tertiary/aromatic N) is 2. The van der Waals surface area contributed by atoms with E-state index in [-0.39, 0.29) is 29.9 Å². The van der Waals surface area contributed by atoms with E-state index in [9.17, 15) is 18.4 Å². The Bertz CT molecular complexity index is 922. The van der Waals surface area contributed by atoms with Gasteiger partial charge in [0.15, 0.2) is 11.5 Å². The number of rotatable bonds is 6. The van der Waals surface area contributed by atoms with Crippen LogP contribution in [-0.4, -0.2) is 51.1 Å². The van der Waals surface area contributed by atoms with Gasteiger partial charge in [0.1, 0.15) is 6.17 Å². The van der Waals surface area contributed by atoms with Gasteiger partial charge >= 0.3 is 6.61 Å². The molecule has 2 aromatic carbocycles. The average molecular weight is 405 g/mol. The molecular formula is C20H21F2N3O4. The van der Waals surface area contributed by atoms with Gasteiger partial charge in [-0.15, -0.1) is 0 Å². The Morgan fingerprint density at radius 1 is 1.21 bits per heavy atom. The Hall–Kier alpha value is -3.36. The number of fused-ring (bicyclic) bond motifs is 1. The highest BCUT2D eigenvalue weighted by atomic mass is 19.3.